The summed E-state index contributed by atoms with van der Waals surface area (Å²) in [7, 11) is 0. The summed E-state index contributed by atoms with van der Waals surface area (Å²) in [6.45, 7) is 0. The number of benzene rings is 2. The van der Waals surface area contributed by atoms with Gasteiger partial charge in [0, 0.05) is 22.5 Å². The molecule has 21 heavy (non-hydrogen) atoms. The molecule has 2 heteroatoms. The Kier molecular flexibility index (Phi) is 4.15. The highest BCUT2D eigenvalue weighted by Gasteiger charge is 2.20. The second-order valence-electron chi connectivity index (χ2n) is 5.35. The summed E-state index contributed by atoms with van der Waals surface area (Å²) >= 11 is 0. The molecule has 0 bridgehead atoms. The van der Waals surface area contributed by atoms with Crippen molar-refractivity contribution in [3.05, 3.63) is 77.5 Å². The lowest BCUT2D eigenvalue weighted by Crippen LogP contribution is -2.15. The molecule has 0 atom stereocenters. The van der Waals surface area contributed by atoms with Crippen molar-refractivity contribution in [2.45, 2.75) is 25.7 Å². The summed E-state index contributed by atoms with van der Waals surface area (Å²) in [5.74, 6) is 0.161. The number of anilines is 1. The predicted molar refractivity (Wildman–Crippen MR) is 86.3 cm³/mol. The lowest BCUT2D eigenvalue weighted by atomic mass is 9.90. The zero-order valence-corrected chi connectivity index (χ0v) is 12.0. The number of para-hydroxylation sites is 1. The second-order valence-corrected chi connectivity index (χ2v) is 5.35. The molecule has 2 nitrogen and oxygen atoms in total. The van der Waals surface area contributed by atoms with Gasteiger partial charge >= 0.3 is 0 Å². The van der Waals surface area contributed by atoms with Gasteiger partial charge in [0.15, 0.2) is 5.78 Å². The predicted octanol–water partition coefficient (Wildman–Crippen LogP) is 4.81. The molecule has 0 spiro atoms. The Morgan fingerprint density at radius 2 is 1.43 bits per heavy atom. The van der Waals surface area contributed by atoms with E-state index in [-0.39, 0.29) is 5.78 Å². The number of carbonyl (C=O) groups excluding carboxylic acids is 1. The minimum atomic E-state index is 0.161. The van der Waals surface area contributed by atoms with Crippen LogP contribution in [0.25, 0.3) is 0 Å². The van der Waals surface area contributed by atoms with Crippen LogP contribution in [-0.2, 0) is 0 Å². The van der Waals surface area contributed by atoms with Crippen molar-refractivity contribution in [1.29, 1.82) is 0 Å². The van der Waals surface area contributed by atoms with Crippen molar-refractivity contribution in [2.24, 2.45) is 0 Å². The molecule has 2 aromatic rings. The molecule has 3 rings (SSSR count). The van der Waals surface area contributed by atoms with E-state index in [1.807, 2.05) is 60.7 Å². The Morgan fingerprint density at radius 1 is 0.810 bits per heavy atom. The summed E-state index contributed by atoms with van der Waals surface area (Å²) in [5, 5.41) is 3.44. The highest BCUT2D eigenvalue weighted by molar-refractivity contribution is 6.09. The molecule has 0 heterocycles. The van der Waals surface area contributed by atoms with Crippen LogP contribution < -0.4 is 5.32 Å². The van der Waals surface area contributed by atoms with E-state index in [2.05, 4.69) is 5.32 Å². The van der Waals surface area contributed by atoms with Gasteiger partial charge in [-0.1, -0.05) is 48.5 Å². The summed E-state index contributed by atoms with van der Waals surface area (Å²) in [4.78, 5) is 12.7. The minimum Gasteiger partial charge on any atom is -0.359 e. The summed E-state index contributed by atoms with van der Waals surface area (Å²) in [6, 6.07) is 19.6. The van der Waals surface area contributed by atoms with Gasteiger partial charge in [-0.05, 0) is 37.8 Å². The average Bonchev–Trinajstić information content (AvgIpc) is 2.56. The highest BCUT2D eigenvalue weighted by Crippen LogP contribution is 2.28. The van der Waals surface area contributed by atoms with Crippen molar-refractivity contribution < 1.29 is 4.79 Å². The highest BCUT2D eigenvalue weighted by atomic mass is 16.1. The molecule has 2 aromatic carbocycles. The summed E-state index contributed by atoms with van der Waals surface area (Å²) in [6.07, 6.45) is 4.04. The maximum atomic E-state index is 12.7. The van der Waals surface area contributed by atoms with Crippen LogP contribution in [0.2, 0.25) is 0 Å². The molecule has 1 aliphatic rings. The van der Waals surface area contributed by atoms with Gasteiger partial charge in [-0.3, -0.25) is 4.79 Å². The van der Waals surface area contributed by atoms with Crippen LogP contribution in [0.3, 0.4) is 0 Å². The van der Waals surface area contributed by atoms with Gasteiger partial charge in [0.1, 0.15) is 0 Å². The second kappa shape index (κ2) is 6.40. The summed E-state index contributed by atoms with van der Waals surface area (Å²) in [5.41, 5.74) is 3.85. The quantitative estimate of drug-likeness (QED) is 0.813. The van der Waals surface area contributed by atoms with Crippen molar-refractivity contribution >= 4 is 11.5 Å². The fourth-order valence-corrected chi connectivity index (χ4v) is 2.75. The van der Waals surface area contributed by atoms with Gasteiger partial charge in [-0.15, -0.1) is 0 Å². The molecule has 1 N–H and O–H groups in total. The third kappa shape index (κ3) is 3.22. The Hall–Kier alpha value is -2.35. The van der Waals surface area contributed by atoms with Crippen LogP contribution >= 0.6 is 0 Å². The van der Waals surface area contributed by atoms with Crippen LogP contribution in [0, 0.1) is 0 Å². The zero-order valence-electron chi connectivity index (χ0n) is 12.0. The van der Waals surface area contributed by atoms with Crippen molar-refractivity contribution in [2.75, 3.05) is 5.32 Å². The van der Waals surface area contributed by atoms with Gasteiger partial charge in [0.2, 0.25) is 0 Å². The number of nitrogens with one attached hydrogen (secondary N) is 1. The van der Waals surface area contributed by atoms with Gasteiger partial charge in [0.25, 0.3) is 0 Å². The van der Waals surface area contributed by atoms with E-state index >= 15 is 0 Å². The first-order chi connectivity index (χ1) is 10.3. The van der Waals surface area contributed by atoms with E-state index < -0.39 is 0 Å². The van der Waals surface area contributed by atoms with Crippen molar-refractivity contribution in [3.8, 4) is 0 Å². The first kappa shape index (κ1) is 13.6. The third-order valence-electron chi connectivity index (χ3n) is 3.85. The van der Waals surface area contributed by atoms with E-state index in [1.165, 1.54) is 0 Å². The van der Waals surface area contributed by atoms with Gasteiger partial charge in [-0.25, -0.2) is 0 Å². The molecule has 0 amide bonds. The maximum absolute atomic E-state index is 12.7. The molecule has 0 saturated heterocycles. The first-order valence-corrected chi connectivity index (χ1v) is 7.48. The number of carbonyl (C=O) groups is 1. The van der Waals surface area contributed by atoms with Crippen LogP contribution in [0.5, 0.6) is 0 Å². The lowest BCUT2D eigenvalue weighted by molar-refractivity contribution is 0.102. The smallest absolute Gasteiger partial charge is 0.190 e. The lowest BCUT2D eigenvalue weighted by Gasteiger charge is -2.21. The molecule has 0 aliphatic heterocycles. The molecule has 0 unspecified atom stereocenters. The first-order valence-electron chi connectivity index (χ1n) is 7.48. The molecular formula is C19H19NO. The fourth-order valence-electron chi connectivity index (χ4n) is 2.75. The van der Waals surface area contributed by atoms with Gasteiger partial charge in [0.05, 0.1) is 0 Å². The van der Waals surface area contributed by atoms with E-state index in [0.29, 0.717) is 0 Å². The minimum absolute atomic E-state index is 0.161. The van der Waals surface area contributed by atoms with E-state index in [1.54, 1.807) is 0 Å². The Morgan fingerprint density at radius 3 is 2.14 bits per heavy atom. The molecular weight excluding hydrogens is 258 g/mol. The van der Waals surface area contributed by atoms with Gasteiger partial charge in [-0.2, -0.15) is 0 Å². The molecule has 0 saturated carbocycles. The number of hydrogen-bond acceptors (Lipinski definition) is 2. The Labute approximate surface area is 125 Å². The maximum Gasteiger partial charge on any atom is 0.190 e. The number of allylic oxidation sites excluding steroid dienone is 2. The van der Waals surface area contributed by atoms with E-state index in [0.717, 1.165) is 48.2 Å². The fraction of sp³-hybridized carbons (Fsp3) is 0.211. The van der Waals surface area contributed by atoms with Crippen LogP contribution in [0.15, 0.2) is 71.9 Å². The third-order valence-corrected chi connectivity index (χ3v) is 3.85. The summed E-state index contributed by atoms with van der Waals surface area (Å²) < 4.78 is 0. The Bertz CT molecular complexity index is 644. The number of rotatable bonds is 4. The largest absolute Gasteiger partial charge is 0.359 e. The molecule has 106 valence electrons. The van der Waals surface area contributed by atoms with Crippen LogP contribution in [-0.4, -0.2) is 5.78 Å². The van der Waals surface area contributed by atoms with E-state index in [4.69, 9.17) is 0 Å². The molecule has 0 radical (unpaired) electrons. The number of Topliss-reactive ketones (excluding diaryl/α,β-unsaturated/α-hetero) is 1. The topological polar surface area (TPSA) is 29.1 Å². The van der Waals surface area contributed by atoms with Crippen LogP contribution in [0.1, 0.15) is 36.0 Å². The number of ketones is 1. The zero-order chi connectivity index (χ0) is 14.5. The normalized spacial score (nSPS) is 14.9. The standard InChI is InChI=1S/C19H19NO/c21-19(15-9-3-1-4-10-15)17-13-7-8-14-18(17)20-16-11-5-2-6-12-16/h1-6,9-12,20H,7-8,13-14H2. The van der Waals surface area contributed by atoms with Crippen molar-refractivity contribution in [3.63, 3.8) is 0 Å². The molecule has 1 aliphatic carbocycles. The van der Waals surface area contributed by atoms with Crippen molar-refractivity contribution in [1.82, 2.24) is 0 Å². The van der Waals surface area contributed by atoms with Gasteiger partial charge < -0.3 is 5.32 Å². The monoisotopic (exact) mass is 277 g/mol. The Balaban J connectivity index is 1.90. The van der Waals surface area contributed by atoms with Crippen LogP contribution in [0.4, 0.5) is 5.69 Å². The molecule has 0 aromatic heterocycles. The van der Waals surface area contributed by atoms with E-state index in [9.17, 15) is 4.79 Å². The average molecular weight is 277 g/mol. The SMILES string of the molecule is O=C(C1=C(Nc2ccccc2)CCCC1)c1ccccc1. The molecule has 0 fully saturated rings. The number of hydrogen-bond donors (Lipinski definition) is 1.